The molecule has 0 aromatic heterocycles. The Bertz CT molecular complexity index is 231. The average Bonchev–Trinajstić information content (AvgIpc) is 2.30. The zero-order valence-electron chi connectivity index (χ0n) is 11.0. The number of likely N-dealkylation sites (tertiary alicyclic amines) is 1. The zero-order valence-corrected chi connectivity index (χ0v) is 11.0. The molecule has 0 aromatic rings. The van der Waals surface area contributed by atoms with E-state index in [1.54, 1.807) is 0 Å². The van der Waals surface area contributed by atoms with Crippen molar-refractivity contribution in [1.29, 1.82) is 0 Å². The third-order valence-electron chi connectivity index (χ3n) is 3.47. The van der Waals surface area contributed by atoms with Gasteiger partial charge in [0, 0.05) is 18.7 Å². The predicted octanol–water partition coefficient (Wildman–Crippen LogP) is 1.56. The second-order valence-electron chi connectivity index (χ2n) is 4.76. The molecular weight excluding hydrogens is 218 g/mol. The molecule has 0 saturated carbocycles. The van der Waals surface area contributed by atoms with Crippen molar-refractivity contribution in [2.45, 2.75) is 58.0 Å². The monoisotopic (exact) mass is 243 g/mol. The van der Waals surface area contributed by atoms with Gasteiger partial charge in [0.05, 0.1) is 13.0 Å². The van der Waals surface area contributed by atoms with Crippen molar-refractivity contribution in [2.24, 2.45) is 0 Å². The fourth-order valence-corrected chi connectivity index (χ4v) is 2.64. The van der Waals surface area contributed by atoms with Crippen LogP contribution in [0.1, 0.15) is 46.0 Å². The van der Waals surface area contributed by atoms with Crippen LogP contribution in [0.5, 0.6) is 0 Å². The molecule has 2 atom stereocenters. The van der Waals surface area contributed by atoms with Gasteiger partial charge >= 0.3 is 5.97 Å². The van der Waals surface area contributed by atoms with Crippen LogP contribution in [0.4, 0.5) is 0 Å². The summed E-state index contributed by atoms with van der Waals surface area (Å²) >= 11 is 0. The summed E-state index contributed by atoms with van der Waals surface area (Å²) in [6, 6.07) is 0.643. The van der Waals surface area contributed by atoms with Gasteiger partial charge in [-0.2, -0.15) is 0 Å². The van der Waals surface area contributed by atoms with Crippen LogP contribution in [-0.4, -0.2) is 47.8 Å². The first-order valence-electron chi connectivity index (χ1n) is 6.71. The minimum absolute atomic E-state index is 0.117. The Labute approximate surface area is 104 Å². The summed E-state index contributed by atoms with van der Waals surface area (Å²) in [5.74, 6) is -0.117. The normalized spacial score (nSPS) is 23.4. The van der Waals surface area contributed by atoms with Crippen LogP contribution in [0, 0.1) is 0 Å². The summed E-state index contributed by atoms with van der Waals surface area (Å²) in [6.07, 6.45) is 4.82. The van der Waals surface area contributed by atoms with Crippen molar-refractivity contribution in [1.82, 2.24) is 4.90 Å². The molecule has 2 unspecified atom stereocenters. The second kappa shape index (κ2) is 7.67. The summed E-state index contributed by atoms with van der Waals surface area (Å²) < 4.78 is 4.98. The maximum absolute atomic E-state index is 11.5. The Morgan fingerprint density at radius 2 is 2.29 bits per heavy atom. The van der Waals surface area contributed by atoms with E-state index in [1.807, 2.05) is 6.92 Å². The lowest BCUT2D eigenvalue weighted by atomic mass is 9.97. The number of carbonyl (C=O) groups excluding carboxylic acids is 1. The Morgan fingerprint density at radius 3 is 2.94 bits per heavy atom. The number of hydrogen-bond donors (Lipinski definition) is 1. The quantitative estimate of drug-likeness (QED) is 0.719. The van der Waals surface area contributed by atoms with Crippen LogP contribution < -0.4 is 0 Å². The molecule has 100 valence electrons. The number of esters is 1. The third kappa shape index (κ3) is 4.64. The van der Waals surface area contributed by atoms with E-state index in [9.17, 15) is 4.79 Å². The van der Waals surface area contributed by atoms with E-state index in [0.29, 0.717) is 19.1 Å². The Morgan fingerprint density at radius 1 is 1.53 bits per heavy atom. The molecule has 4 nitrogen and oxygen atoms in total. The van der Waals surface area contributed by atoms with E-state index in [2.05, 4.69) is 11.8 Å². The molecule has 0 spiro atoms. The van der Waals surface area contributed by atoms with Gasteiger partial charge in [0.15, 0.2) is 0 Å². The summed E-state index contributed by atoms with van der Waals surface area (Å²) in [6.45, 7) is 5.62. The highest BCUT2D eigenvalue weighted by atomic mass is 16.5. The number of hydrogen-bond acceptors (Lipinski definition) is 4. The van der Waals surface area contributed by atoms with Crippen molar-refractivity contribution >= 4 is 5.97 Å². The van der Waals surface area contributed by atoms with Crippen molar-refractivity contribution in [3.63, 3.8) is 0 Å². The fourth-order valence-electron chi connectivity index (χ4n) is 2.64. The first-order valence-corrected chi connectivity index (χ1v) is 6.71. The molecular formula is C13H25NO3. The van der Waals surface area contributed by atoms with Gasteiger partial charge in [-0.1, -0.05) is 6.42 Å². The molecule has 1 aliphatic heterocycles. The highest BCUT2D eigenvalue weighted by Gasteiger charge is 2.27. The van der Waals surface area contributed by atoms with Crippen molar-refractivity contribution in [3.05, 3.63) is 0 Å². The largest absolute Gasteiger partial charge is 0.466 e. The number of rotatable bonds is 6. The summed E-state index contributed by atoms with van der Waals surface area (Å²) in [5, 5.41) is 9.07. The lowest BCUT2D eigenvalue weighted by Crippen LogP contribution is -2.46. The molecule has 0 bridgehead atoms. The van der Waals surface area contributed by atoms with Gasteiger partial charge in [-0.15, -0.1) is 0 Å². The van der Waals surface area contributed by atoms with E-state index in [0.717, 1.165) is 19.4 Å². The van der Waals surface area contributed by atoms with Crippen LogP contribution in [0.25, 0.3) is 0 Å². The lowest BCUT2D eigenvalue weighted by Gasteiger charge is -2.39. The van der Waals surface area contributed by atoms with Crippen molar-refractivity contribution in [3.8, 4) is 0 Å². The Hall–Kier alpha value is -0.610. The Balaban J connectivity index is 2.46. The van der Waals surface area contributed by atoms with E-state index in [4.69, 9.17) is 9.84 Å². The molecule has 4 heteroatoms. The molecule has 1 N–H and O–H groups in total. The number of piperidine rings is 1. The maximum Gasteiger partial charge on any atom is 0.307 e. The molecule has 1 fully saturated rings. The van der Waals surface area contributed by atoms with E-state index >= 15 is 0 Å². The van der Waals surface area contributed by atoms with Gasteiger partial charge in [-0.3, -0.25) is 9.69 Å². The van der Waals surface area contributed by atoms with Crippen molar-refractivity contribution in [2.75, 3.05) is 19.8 Å². The number of ether oxygens (including phenoxy) is 1. The zero-order chi connectivity index (χ0) is 12.7. The molecule has 0 aromatic carbocycles. The average molecular weight is 243 g/mol. The summed E-state index contributed by atoms with van der Waals surface area (Å²) in [4.78, 5) is 13.8. The third-order valence-corrected chi connectivity index (χ3v) is 3.47. The summed E-state index contributed by atoms with van der Waals surface area (Å²) in [7, 11) is 0. The smallest absolute Gasteiger partial charge is 0.307 e. The van der Waals surface area contributed by atoms with Crippen LogP contribution >= 0.6 is 0 Å². The number of nitrogens with zero attached hydrogens (tertiary/aromatic N) is 1. The van der Waals surface area contributed by atoms with Gasteiger partial charge in [0.2, 0.25) is 0 Å². The molecule has 1 aliphatic rings. The van der Waals surface area contributed by atoms with Gasteiger partial charge in [0.1, 0.15) is 0 Å². The van der Waals surface area contributed by atoms with Gasteiger partial charge in [0.25, 0.3) is 0 Å². The van der Waals surface area contributed by atoms with E-state index < -0.39 is 0 Å². The van der Waals surface area contributed by atoms with E-state index in [-0.39, 0.29) is 18.6 Å². The maximum atomic E-state index is 11.5. The van der Waals surface area contributed by atoms with Gasteiger partial charge < -0.3 is 9.84 Å². The number of carbonyl (C=O) groups is 1. The number of aliphatic hydroxyl groups excluding tert-OH is 1. The molecule has 0 aliphatic carbocycles. The minimum Gasteiger partial charge on any atom is -0.466 e. The molecule has 0 radical (unpaired) electrons. The minimum atomic E-state index is -0.117. The van der Waals surface area contributed by atoms with Crippen LogP contribution in [0.3, 0.4) is 0 Å². The van der Waals surface area contributed by atoms with Crippen LogP contribution in [0.2, 0.25) is 0 Å². The van der Waals surface area contributed by atoms with E-state index in [1.165, 1.54) is 12.8 Å². The molecule has 17 heavy (non-hydrogen) atoms. The second-order valence-corrected chi connectivity index (χ2v) is 4.76. The van der Waals surface area contributed by atoms with Gasteiger partial charge in [-0.05, 0) is 39.7 Å². The fraction of sp³-hybridized carbons (Fsp3) is 0.923. The van der Waals surface area contributed by atoms with Crippen molar-refractivity contribution < 1.29 is 14.6 Å². The Kier molecular flexibility index (Phi) is 6.52. The molecule has 0 amide bonds. The van der Waals surface area contributed by atoms with Crippen LogP contribution in [-0.2, 0) is 9.53 Å². The highest BCUT2D eigenvalue weighted by Crippen LogP contribution is 2.23. The molecule has 1 saturated heterocycles. The lowest BCUT2D eigenvalue weighted by molar-refractivity contribution is -0.144. The number of aliphatic hydroxyl groups is 1. The SMILES string of the molecule is CCOC(=O)CC(C)N1CCCCC1CCO. The first kappa shape index (κ1) is 14.5. The highest BCUT2D eigenvalue weighted by molar-refractivity contribution is 5.70. The standard InChI is InChI=1S/C13H25NO3/c1-3-17-13(16)10-11(2)14-8-5-4-6-12(14)7-9-15/h11-12,15H,3-10H2,1-2H3. The topological polar surface area (TPSA) is 49.8 Å². The summed E-state index contributed by atoms with van der Waals surface area (Å²) in [5.41, 5.74) is 0. The molecule has 1 heterocycles. The van der Waals surface area contributed by atoms with Crippen LogP contribution in [0.15, 0.2) is 0 Å². The molecule has 1 rings (SSSR count). The first-order chi connectivity index (χ1) is 8.19. The van der Waals surface area contributed by atoms with Gasteiger partial charge in [-0.25, -0.2) is 0 Å². The predicted molar refractivity (Wildman–Crippen MR) is 66.8 cm³/mol.